The molecular formula is C19H23NO2. The maximum atomic E-state index is 11.6. The van der Waals surface area contributed by atoms with Gasteiger partial charge >= 0.3 is 5.97 Å². The number of carbonyl (C=O) groups is 1. The van der Waals surface area contributed by atoms with Crippen LogP contribution in [0.25, 0.3) is 0 Å². The Kier molecular flexibility index (Phi) is 6.65. The number of ether oxygens (including phenoxy) is 1. The molecule has 2 rings (SSSR count). The molecule has 0 bridgehead atoms. The number of rotatable bonds is 8. The molecule has 0 fully saturated rings. The monoisotopic (exact) mass is 297 g/mol. The van der Waals surface area contributed by atoms with Crippen molar-refractivity contribution >= 4 is 5.97 Å². The fourth-order valence-corrected chi connectivity index (χ4v) is 2.38. The summed E-state index contributed by atoms with van der Waals surface area (Å²) in [4.78, 5) is 13.9. The van der Waals surface area contributed by atoms with Crippen LogP contribution in [-0.2, 0) is 22.6 Å². The highest BCUT2D eigenvalue weighted by atomic mass is 16.5. The van der Waals surface area contributed by atoms with Gasteiger partial charge in [0, 0.05) is 19.6 Å². The van der Waals surface area contributed by atoms with Crippen molar-refractivity contribution in [1.82, 2.24) is 4.90 Å². The van der Waals surface area contributed by atoms with E-state index in [0.717, 1.165) is 13.1 Å². The Morgan fingerprint density at radius 2 is 1.41 bits per heavy atom. The molecule has 2 aromatic carbocycles. The summed E-state index contributed by atoms with van der Waals surface area (Å²) in [7, 11) is 0. The molecule has 0 N–H and O–H groups in total. The third kappa shape index (κ3) is 5.70. The van der Waals surface area contributed by atoms with Crippen molar-refractivity contribution in [3.63, 3.8) is 0 Å². The molecule has 0 aliphatic rings. The lowest BCUT2D eigenvalue weighted by Gasteiger charge is -2.22. The SMILES string of the molecule is CCOC(=O)CCN(Cc1ccccc1)Cc1ccccc1. The molecule has 3 nitrogen and oxygen atoms in total. The predicted octanol–water partition coefficient (Wildman–Crippen LogP) is 3.64. The van der Waals surface area contributed by atoms with Crippen LogP contribution in [0.15, 0.2) is 60.7 Å². The quantitative estimate of drug-likeness (QED) is 0.697. The predicted molar refractivity (Wildman–Crippen MR) is 88.2 cm³/mol. The number of carbonyl (C=O) groups excluding carboxylic acids is 1. The van der Waals surface area contributed by atoms with E-state index in [9.17, 15) is 4.79 Å². The zero-order valence-corrected chi connectivity index (χ0v) is 13.1. The second kappa shape index (κ2) is 9.00. The summed E-state index contributed by atoms with van der Waals surface area (Å²) in [6.07, 6.45) is 0.424. The van der Waals surface area contributed by atoms with Crippen LogP contribution in [0.2, 0.25) is 0 Å². The first-order valence-electron chi connectivity index (χ1n) is 7.73. The van der Waals surface area contributed by atoms with E-state index in [1.54, 1.807) is 0 Å². The lowest BCUT2D eigenvalue weighted by molar-refractivity contribution is -0.143. The van der Waals surface area contributed by atoms with E-state index in [1.807, 2.05) is 43.3 Å². The van der Waals surface area contributed by atoms with E-state index in [1.165, 1.54) is 11.1 Å². The topological polar surface area (TPSA) is 29.5 Å². The Morgan fingerprint density at radius 3 is 1.86 bits per heavy atom. The Hall–Kier alpha value is -2.13. The molecule has 0 aliphatic carbocycles. The molecular weight excluding hydrogens is 274 g/mol. The molecule has 0 amide bonds. The van der Waals surface area contributed by atoms with Crippen LogP contribution in [0.4, 0.5) is 0 Å². The molecule has 22 heavy (non-hydrogen) atoms. The summed E-state index contributed by atoms with van der Waals surface area (Å²) in [5.41, 5.74) is 2.50. The zero-order valence-electron chi connectivity index (χ0n) is 13.1. The molecule has 116 valence electrons. The van der Waals surface area contributed by atoms with Crippen LogP contribution in [0.3, 0.4) is 0 Å². The average molecular weight is 297 g/mol. The van der Waals surface area contributed by atoms with Crippen LogP contribution in [0, 0.1) is 0 Å². The molecule has 0 heterocycles. The molecule has 0 aromatic heterocycles. The third-order valence-corrected chi connectivity index (χ3v) is 3.44. The summed E-state index contributed by atoms with van der Waals surface area (Å²) in [6.45, 7) is 4.63. The Balaban J connectivity index is 1.98. The largest absolute Gasteiger partial charge is 0.466 e. The van der Waals surface area contributed by atoms with Crippen LogP contribution < -0.4 is 0 Å². The van der Waals surface area contributed by atoms with Crippen LogP contribution >= 0.6 is 0 Å². The first kappa shape index (κ1) is 16.2. The number of benzene rings is 2. The summed E-state index contributed by atoms with van der Waals surface area (Å²) < 4.78 is 5.03. The summed E-state index contributed by atoms with van der Waals surface area (Å²) in [5, 5.41) is 0. The zero-order chi connectivity index (χ0) is 15.6. The molecule has 0 radical (unpaired) electrons. The van der Waals surface area contributed by atoms with Gasteiger partial charge in [0.15, 0.2) is 0 Å². The van der Waals surface area contributed by atoms with Gasteiger partial charge in [0.2, 0.25) is 0 Å². The van der Waals surface area contributed by atoms with Crippen molar-refractivity contribution in [3.8, 4) is 0 Å². The van der Waals surface area contributed by atoms with Gasteiger partial charge in [-0.25, -0.2) is 0 Å². The second-order valence-corrected chi connectivity index (χ2v) is 5.24. The molecule has 0 aliphatic heterocycles. The van der Waals surface area contributed by atoms with Gasteiger partial charge in [-0.15, -0.1) is 0 Å². The number of esters is 1. The van der Waals surface area contributed by atoms with Gasteiger partial charge in [-0.1, -0.05) is 60.7 Å². The molecule has 0 saturated carbocycles. The molecule has 0 unspecified atom stereocenters. The molecule has 0 saturated heterocycles. The molecule has 0 atom stereocenters. The van der Waals surface area contributed by atoms with Crippen molar-refractivity contribution in [2.75, 3.05) is 13.2 Å². The van der Waals surface area contributed by atoms with E-state index in [0.29, 0.717) is 19.6 Å². The summed E-state index contributed by atoms with van der Waals surface area (Å²) in [6, 6.07) is 20.7. The normalized spacial score (nSPS) is 10.6. The van der Waals surface area contributed by atoms with Gasteiger partial charge in [0.1, 0.15) is 0 Å². The highest BCUT2D eigenvalue weighted by Gasteiger charge is 2.10. The lowest BCUT2D eigenvalue weighted by atomic mass is 10.1. The van der Waals surface area contributed by atoms with Crippen molar-refractivity contribution in [2.24, 2.45) is 0 Å². The van der Waals surface area contributed by atoms with E-state index < -0.39 is 0 Å². The van der Waals surface area contributed by atoms with Crippen molar-refractivity contribution in [3.05, 3.63) is 71.8 Å². The molecule has 3 heteroatoms. The van der Waals surface area contributed by atoms with Gasteiger partial charge in [-0.2, -0.15) is 0 Å². The minimum absolute atomic E-state index is 0.131. The highest BCUT2D eigenvalue weighted by molar-refractivity contribution is 5.69. The Labute approximate surface area is 132 Å². The third-order valence-electron chi connectivity index (χ3n) is 3.44. The van der Waals surface area contributed by atoms with Crippen molar-refractivity contribution in [1.29, 1.82) is 0 Å². The van der Waals surface area contributed by atoms with Crippen molar-refractivity contribution < 1.29 is 9.53 Å². The fourth-order valence-electron chi connectivity index (χ4n) is 2.38. The maximum Gasteiger partial charge on any atom is 0.307 e. The van der Waals surface area contributed by atoms with E-state index in [-0.39, 0.29) is 5.97 Å². The van der Waals surface area contributed by atoms with Gasteiger partial charge in [0.25, 0.3) is 0 Å². The minimum atomic E-state index is -0.131. The first-order chi connectivity index (χ1) is 10.8. The van der Waals surface area contributed by atoms with Gasteiger partial charge in [0.05, 0.1) is 13.0 Å². The Morgan fingerprint density at radius 1 is 0.909 bits per heavy atom. The summed E-state index contributed by atoms with van der Waals surface area (Å²) in [5.74, 6) is -0.131. The van der Waals surface area contributed by atoms with E-state index in [4.69, 9.17) is 4.74 Å². The summed E-state index contributed by atoms with van der Waals surface area (Å²) >= 11 is 0. The van der Waals surface area contributed by atoms with Gasteiger partial charge < -0.3 is 4.74 Å². The van der Waals surface area contributed by atoms with Crippen LogP contribution in [0.1, 0.15) is 24.5 Å². The molecule has 0 spiro atoms. The first-order valence-corrected chi connectivity index (χ1v) is 7.73. The fraction of sp³-hybridized carbons (Fsp3) is 0.316. The van der Waals surface area contributed by atoms with Crippen molar-refractivity contribution in [2.45, 2.75) is 26.4 Å². The number of hydrogen-bond donors (Lipinski definition) is 0. The van der Waals surface area contributed by atoms with Crippen LogP contribution in [-0.4, -0.2) is 24.0 Å². The maximum absolute atomic E-state index is 11.6. The van der Waals surface area contributed by atoms with E-state index >= 15 is 0 Å². The Bertz CT molecular complexity index is 513. The minimum Gasteiger partial charge on any atom is -0.466 e. The van der Waals surface area contributed by atoms with E-state index in [2.05, 4.69) is 29.2 Å². The average Bonchev–Trinajstić information content (AvgIpc) is 2.55. The van der Waals surface area contributed by atoms with Gasteiger partial charge in [-0.05, 0) is 18.1 Å². The second-order valence-electron chi connectivity index (χ2n) is 5.24. The number of hydrogen-bond acceptors (Lipinski definition) is 3. The lowest BCUT2D eigenvalue weighted by Crippen LogP contribution is -2.26. The van der Waals surface area contributed by atoms with Crippen LogP contribution in [0.5, 0.6) is 0 Å². The smallest absolute Gasteiger partial charge is 0.307 e. The standard InChI is InChI=1S/C19H23NO2/c1-2-22-19(21)13-14-20(15-17-9-5-3-6-10-17)16-18-11-7-4-8-12-18/h3-12H,2,13-16H2,1H3. The molecule has 2 aromatic rings. The van der Waals surface area contributed by atoms with Gasteiger partial charge in [-0.3, -0.25) is 9.69 Å². The highest BCUT2D eigenvalue weighted by Crippen LogP contribution is 2.10. The number of nitrogens with zero attached hydrogens (tertiary/aromatic N) is 1.